The topological polar surface area (TPSA) is 72.8 Å². The average Bonchev–Trinajstić information content (AvgIpc) is 3.06. The van der Waals surface area contributed by atoms with Gasteiger partial charge in [0.15, 0.2) is 6.10 Å². The monoisotopic (exact) mass is 649 g/mol. The van der Waals surface area contributed by atoms with Crippen molar-refractivity contribution in [2.45, 2.75) is 213 Å². The molecule has 0 aliphatic rings. The predicted molar refractivity (Wildman–Crippen MR) is 196 cm³/mol. The summed E-state index contributed by atoms with van der Waals surface area (Å²) in [5, 5.41) is 9.54. The Hall–Kier alpha value is -1.62. The summed E-state index contributed by atoms with van der Waals surface area (Å²) in [5.74, 6) is -0.599. The zero-order chi connectivity index (χ0) is 33.6. The molecule has 1 N–H and O–H groups in total. The normalized spacial score (nSPS) is 12.3. The number of carbonyl (C=O) groups excluding carboxylic acids is 2. The molecule has 0 aromatic rings. The van der Waals surface area contributed by atoms with Crippen molar-refractivity contribution in [1.82, 2.24) is 0 Å². The summed E-state index contributed by atoms with van der Waals surface area (Å²) in [7, 11) is 0. The van der Waals surface area contributed by atoms with E-state index in [2.05, 4.69) is 38.2 Å². The molecule has 0 aromatic heterocycles. The number of aliphatic hydroxyl groups is 1. The Bertz CT molecular complexity index is 701. The molecule has 5 nitrogen and oxygen atoms in total. The maximum Gasteiger partial charge on any atom is 0.306 e. The highest BCUT2D eigenvalue weighted by Gasteiger charge is 2.16. The van der Waals surface area contributed by atoms with E-state index in [0.29, 0.717) is 12.8 Å². The maximum atomic E-state index is 12.2. The van der Waals surface area contributed by atoms with Crippen molar-refractivity contribution in [3.63, 3.8) is 0 Å². The van der Waals surface area contributed by atoms with Gasteiger partial charge in [0.1, 0.15) is 6.61 Å². The second-order valence-electron chi connectivity index (χ2n) is 13.4. The zero-order valence-electron chi connectivity index (χ0n) is 30.6. The molecular weight excluding hydrogens is 572 g/mol. The Labute approximate surface area is 285 Å². The highest BCUT2D eigenvalue weighted by atomic mass is 16.6. The smallest absolute Gasteiger partial charge is 0.306 e. The minimum absolute atomic E-state index is 0.0681. The van der Waals surface area contributed by atoms with Crippen LogP contribution < -0.4 is 0 Å². The molecule has 46 heavy (non-hydrogen) atoms. The number of allylic oxidation sites excluding steroid dienone is 4. The van der Waals surface area contributed by atoms with Crippen molar-refractivity contribution in [2.24, 2.45) is 0 Å². The standard InChI is InChI=1S/C41H76O5/c1-3-5-7-9-11-13-15-17-18-19-20-21-22-24-26-28-30-32-34-36-41(44)46-39(37-42)38-45-40(43)35-33-31-29-27-25-23-16-14-12-10-8-6-4-2/h14,16-18,39,42H,3-13,15,19-38H2,1-2H3/b16-14-,18-17-. The van der Waals surface area contributed by atoms with Gasteiger partial charge in [0.25, 0.3) is 0 Å². The second-order valence-corrected chi connectivity index (χ2v) is 13.4. The molecule has 1 unspecified atom stereocenters. The van der Waals surface area contributed by atoms with Gasteiger partial charge in [-0.1, -0.05) is 154 Å². The number of rotatable bonds is 36. The van der Waals surface area contributed by atoms with Crippen molar-refractivity contribution < 1.29 is 24.2 Å². The molecule has 270 valence electrons. The first kappa shape index (κ1) is 44.4. The van der Waals surface area contributed by atoms with Gasteiger partial charge in [-0.25, -0.2) is 0 Å². The van der Waals surface area contributed by atoms with Crippen molar-refractivity contribution >= 4 is 11.9 Å². The van der Waals surface area contributed by atoms with Crippen LogP contribution >= 0.6 is 0 Å². The van der Waals surface area contributed by atoms with Gasteiger partial charge in [-0.2, -0.15) is 0 Å². The van der Waals surface area contributed by atoms with E-state index in [1.807, 2.05) is 0 Å². The molecule has 0 spiro atoms. The molecule has 0 aromatic carbocycles. The summed E-state index contributed by atoms with van der Waals surface area (Å²) in [5.41, 5.74) is 0. The largest absolute Gasteiger partial charge is 0.462 e. The molecule has 0 radical (unpaired) electrons. The molecular formula is C41H76O5. The summed E-state index contributed by atoms with van der Waals surface area (Å²) in [6, 6.07) is 0. The van der Waals surface area contributed by atoms with E-state index in [4.69, 9.17) is 9.47 Å². The first-order valence-electron chi connectivity index (χ1n) is 19.9. The van der Waals surface area contributed by atoms with Crippen molar-refractivity contribution in [1.29, 1.82) is 0 Å². The molecule has 0 bridgehead atoms. The molecule has 0 rings (SSSR count). The molecule has 0 aliphatic carbocycles. The lowest BCUT2D eigenvalue weighted by molar-refractivity contribution is -0.161. The third-order valence-corrected chi connectivity index (χ3v) is 8.72. The van der Waals surface area contributed by atoms with Crippen LogP contribution in [0.15, 0.2) is 24.3 Å². The Morgan fingerprint density at radius 1 is 0.478 bits per heavy atom. The highest BCUT2D eigenvalue weighted by molar-refractivity contribution is 5.70. The number of hydrogen-bond donors (Lipinski definition) is 1. The van der Waals surface area contributed by atoms with E-state index in [-0.39, 0.29) is 25.2 Å². The van der Waals surface area contributed by atoms with E-state index in [9.17, 15) is 14.7 Å². The fraction of sp³-hybridized carbons (Fsp3) is 0.854. The number of carbonyl (C=O) groups is 2. The number of esters is 2. The summed E-state index contributed by atoms with van der Waals surface area (Å²) in [6.45, 7) is 4.11. The molecule has 1 atom stereocenters. The second kappa shape index (κ2) is 37.8. The Balaban J connectivity index is 3.53. The van der Waals surface area contributed by atoms with Gasteiger partial charge in [0, 0.05) is 12.8 Å². The van der Waals surface area contributed by atoms with Gasteiger partial charge in [-0.05, 0) is 64.2 Å². The van der Waals surface area contributed by atoms with Crippen molar-refractivity contribution in [3.05, 3.63) is 24.3 Å². The van der Waals surface area contributed by atoms with Gasteiger partial charge in [0.05, 0.1) is 6.61 Å². The van der Waals surface area contributed by atoms with Crippen LogP contribution in [-0.4, -0.2) is 36.4 Å². The van der Waals surface area contributed by atoms with E-state index < -0.39 is 6.10 Å². The van der Waals surface area contributed by atoms with Crippen LogP contribution in [0.4, 0.5) is 0 Å². The predicted octanol–water partition coefficient (Wildman–Crippen LogP) is 12.3. The van der Waals surface area contributed by atoms with Crippen LogP contribution in [0.2, 0.25) is 0 Å². The number of unbranched alkanes of at least 4 members (excludes halogenated alkanes) is 24. The molecule has 5 heteroatoms. The van der Waals surface area contributed by atoms with E-state index in [1.165, 1.54) is 135 Å². The van der Waals surface area contributed by atoms with Crippen LogP contribution in [-0.2, 0) is 19.1 Å². The van der Waals surface area contributed by atoms with Crippen LogP contribution in [0.25, 0.3) is 0 Å². The first-order valence-corrected chi connectivity index (χ1v) is 19.9. The van der Waals surface area contributed by atoms with E-state index in [0.717, 1.165) is 44.9 Å². The summed E-state index contributed by atoms with van der Waals surface area (Å²) in [4.78, 5) is 24.2. The van der Waals surface area contributed by atoms with Gasteiger partial charge >= 0.3 is 11.9 Å². The Kier molecular flexibility index (Phi) is 36.5. The molecule has 0 fully saturated rings. The third-order valence-electron chi connectivity index (χ3n) is 8.72. The minimum atomic E-state index is -0.771. The molecule has 0 aliphatic heterocycles. The molecule has 0 amide bonds. The van der Waals surface area contributed by atoms with Gasteiger partial charge in [-0.15, -0.1) is 0 Å². The summed E-state index contributed by atoms with van der Waals surface area (Å²) < 4.78 is 10.6. The lowest BCUT2D eigenvalue weighted by Crippen LogP contribution is -2.28. The fourth-order valence-electron chi connectivity index (χ4n) is 5.66. The minimum Gasteiger partial charge on any atom is -0.462 e. The lowest BCUT2D eigenvalue weighted by Gasteiger charge is -2.15. The van der Waals surface area contributed by atoms with Crippen molar-refractivity contribution in [2.75, 3.05) is 13.2 Å². The number of hydrogen-bond acceptors (Lipinski definition) is 5. The van der Waals surface area contributed by atoms with Crippen LogP contribution in [0.3, 0.4) is 0 Å². The molecule has 0 saturated heterocycles. The molecule has 0 heterocycles. The quantitative estimate of drug-likeness (QED) is 0.0416. The zero-order valence-corrected chi connectivity index (χ0v) is 30.6. The van der Waals surface area contributed by atoms with Gasteiger partial charge in [0.2, 0.25) is 0 Å². The summed E-state index contributed by atoms with van der Waals surface area (Å²) in [6.07, 6.45) is 43.8. The Morgan fingerprint density at radius 2 is 0.804 bits per heavy atom. The van der Waals surface area contributed by atoms with Crippen LogP contribution in [0.1, 0.15) is 206 Å². The molecule has 0 saturated carbocycles. The van der Waals surface area contributed by atoms with E-state index >= 15 is 0 Å². The van der Waals surface area contributed by atoms with Gasteiger partial charge in [-0.3, -0.25) is 9.59 Å². The number of ether oxygens (including phenoxy) is 2. The summed E-state index contributed by atoms with van der Waals surface area (Å²) >= 11 is 0. The van der Waals surface area contributed by atoms with Crippen LogP contribution in [0.5, 0.6) is 0 Å². The average molecular weight is 649 g/mol. The third kappa shape index (κ3) is 35.2. The fourth-order valence-corrected chi connectivity index (χ4v) is 5.66. The maximum absolute atomic E-state index is 12.2. The first-order chi connectivity index (χ1) is 22.6. The number of aliphatic hydroxyl groups excluding tert-OH is 1. The van der Waals surface area contributed by atoms with Crippen LogP contribution in [0, 0.1) is 0 Å². The SMILES string of the molecule is CCCCCC/C=C\CCCCCCCC(=O)OCC(CO)OC(=O)CCCCCCCCCCC/C=C\CCCCCCCC. The van der Waals surface area contributed by atoms with E-state index in [1.54, 1.807) is 0 Å². The Morgan fingerprint density at radius 3 is 1.20 bits per heavy atom. The lowest BCUT2D eigenvalue weighted by atomic mass is 10.1. The van der Waals surface area contributed by atoms with Gasteiger partial charge < -0.3 is 14.6 Å². The highest BCUT2D eigenvalue weighted by Crippen LogP contribution is 2.14. The van der Waals surface area contributed by atoms with Crippen molar-refractivity contribution in [3.8, 4) is 0 Å².